The van der Waals surface area contributed by atoms with Crippen molar-refractivity contribution in [2.45, 2.75) is 38.4 Å². The molecule has 0 unspecified atom stereocenters. The zero-order valence-electron chi connectivity index (χ0n) is 14.4. The number of hydrogen-bond acceptors (Lipinski definition) is 4. The van der Waals surface area contributed by atoms with Gasteiger partial charge in [-0.15, -0.1) is 0 Å². The Morgan fingerprint density at radius 2 is 1.96 bits per heavy atom. The van der Waals surface area contributed by atoms with E-state index in [9.17, 15) is 0 Å². The second-order valence-corrected chi connectivity index (χ2v) is 6.41. The SMILES string of the molecule is COc1ccc(CN(Cc2ccccn2)[C@@H]2CCCNCC2)cc1. The highest BCUT2D eigenvalue weighted by Gasteiger charge is 2.20. The zero-order chi connectivity index (χ0) is 16.6. The minimum absolute atomic E-state index is 0.601. The third-order valence-electron chi connectivity index (χ3n) is 4.70. The summed E-state index contributed by atoms with van der Waals surface area (Å²) in [6, 6.07) is 15.2. The molecule has 2 aromatic rings. The fourth-order valence-electron chi connectivity index (χ4n) is 3.35. The second-order valence-electron chi connectivity index (χ2n) is 6.41. The van der Waals surface area contributed by atoms with Crippen LogP contribution in [0, 0.1) is 0 Å². The molecule has 0 bridgehead atoms. The summed E-state index contributed by atoms with van der Waals surface area (Å²) in [6.07, 6.45) is 5.57. The summed E-state index contributed by atoms with van der Waals surface area (Å²) in [5.41, 5.74) is 2.46. The summed E-state index contributed by atoms with van der Waals surface area (Å²) in [5.74, 6) is 0.911. The number of benzene rings is 1. The third-order valence-corrected chi connectivity index (χ3v) is 4.70. The minimum Gasteiger partial charge on any atom is -0.497 e. The van der Waals surface area contributed by atoms with Crippen LogP contribution in [0.3, 0.4) is 0 Å². The van der Waals surface area contributed by atoms with Gasteiger partial charge in [0.1, 0.15) is 5.75 Å². The van der Waals surface area contributed by atoms with Crippen LogP contribution in [0.2, 0.25) is 0 Å². The molecule has 128 valence electrons. The Labute approximate surface area is 144 Å². The Morgan fingerprint density at radius 1 is 1.08 bits per heavy atom. The summed E-state index contributed by atoms with van der Waals surface area (Å²) in [4.78, 5) is 7.11. The maximum Gasteiger partial charge on any atom is 0.118 e. The molecule has 0 saturated carbocycles. The van der Waals surface area contributed by atoms with Crippen LogP contribution in [0.5, 0.6) is 5.75 Å². The molecule has 2 heterocycles. The second kappa shape index (κ2) is 8.81. The van der Waals surface area contributed by atoms with E-state index in [-0.39, 0.29) is 0 Å². The van der Waals surface area contributed by atoms with Gasteiger partial charge in [0.05, 0.1) is 12.8 Å². The fraction of sp³-hybridized carbons (Fsp3) is 0.450. The Morgan fingerprint density at radius 3 is 2.71 bits per heavy atom. The van der Waals surface area contributed by atoms with E-state index < -0.39 is 0 Å². The van der Waals surface area contributed by atoms with Crippen molar-refractivity contribution in [1.29, 1.82) is 0 Å². The van der Waals surface area contributed by atoms with Gasteiger partial charge in [0.15, 0.2) is 0 Å². The van der Waals surface area contributed by atoms with Gasteiger partial charge in [-0.05, 0) is 62.2 Å². The fourth-order valence-corrected chi connectivity index (χ4v) is 3.35. The van der Waals surface area contributed by atoms with Crippen LogP contribution in [-0.2, 0) is 13.1 Å². The molecule has 3 rings (SSSR count). The number of ether oxygens (including phenoxy) is 1. The molecule has 1 aliphatic heterocycles. The first-order valence-corrected chi connectivity index (χ1v) is 8.83. The van der Waals surface area contributed by atoms with Gasteiger partial charge in [0.25, 0.3) is 0 Å². The van der Waals surface area contributed by atoms with E-state index in [1.807, 2.05) is 24.4 Å². The van der Waals surface area contributed by atoms with Crippen LogP contribution in [0.25, 0.3) is 0 Å². The zero-order valence-corrected chi connectivity index (χ0v) is 14.4. The Bertz CT molecular complexity index is 592. The molecule has 0 radical (unpaired) electrons. The van der Waals surface area contributed by atoms with Crippen molar-refractivity contribution in [3.63, 3.8) is 0 Å². The smallest absolute Gasteiger partial charge is 0.118 e. The van der Waals surface area contributed by atoms with Gasteiger partial charge in [0, 0.05) is 25.3 Å². The average Bonchev–Trinajstić information content (AvgIpc) is 2.92. The first-order chi connectivity index (χ1) is 11.8. The van der Waals surface area contributed by atoms with Crippen LogP contribution < -0.4 is 10.1 Å². The number of nitrogens with zero attached hydrogens (tertiary/aromatic N) is 2. The number of methoxy groups -OCH3 is 1. The van der Waals surface area contributed by atoms with Gasteiger partial charge in [-0.25, -0.2) is 0 Å². The summed E-state index contributed by atoms with van der Waals surface area (Å²) < 4.78 is 5.27. The van der Waals surface area contributed by atoms with E-state index in [2.05, 4.69) is 39.5 Å². The van der Waals surface area contributed by atoms with E-state index in [0.717, 1.165) is 37.6 Å². The molecule has 0 amide bonds. The lowest BCUT2D eigenvalue weighted by Crippen LogP contribution is -2.35. The lowest BCUT2D eigenvalue weighted by molar-refractivity contribution is 0.162. The van der Waals surface area contributed by atoms with Crippen molar-refractivity contribution in [1.82, 2.24) is 15.2 Å². The molecule has 1 aromatic carbocycles. The minimum atomic E-state index is 0.601. The van der Waals surface area contributed by atoms with Gasteiger partial charge >= 0.3 is 0 Å². The molecule has 4 heteroatoms. The molecule has 1 saturated heterocycles. The van der Waals surface area contributed by atoms with Crippen LogP contribution in [0.15, 0.2) is 48.7 Å². The van der Waals surface area contributed by atoms with Crippen molar-refractivity contribution in [2.75, 3.05) is 20.2 Å². The summed E-state index contributed by atoms with van der Waals surface area (Å²) in [6.45, 7) is 4.09. The van der Waals surface area contributed by atoms with Crippen LogP contribution in [0.4, 0.5) is 0 Å². The van der Waals surface area contributed by atoms with Gasteiger partial charge in [-0.2, -0.15) is 0 Å². The Kier molecular flexibility index (Phi) is 6.21. The van der Waals surface area contributed by atoms with E-state index in [4.69, 9.17) is 4.74 Å². The maximum absolute atomic E-state index is 5.27. The number of hydrogen-bond donors (Lipinski definition) is 1. The van der Waals surface area contributed by atoms with E-state index in [1.165, 1.54) is 24.8 Å². The van der Waals surface area contributed by atoms with Gasteiger partial charge in [0.2, 0.25) is 0 Å². The summed E-state index contributed by atoms with van der Waals surface area (Å²) >= 11 is 0. The third kappa shape index (κ3) is 4.79. The molecule has 1 fully saturated rings. The number of aromatic nitrogens is 1. The van der Waals surface area contributed by atoms with Crippen molar-refractivity contribution in [3.05, 3.63) is 59.9 Å². The predicted octanol–water partition coefficient (Wildman–Crippen LogP) is 3.23. The van der Waals surface area contributed by atoms with Crippen molar-refractivity contribution in [3.8, 4) is 5.75 Å². The normalized spacial score (nSPS) is 18.3. The van der Waals surface area contributed by atoms with Gasteiger partial charge < -0.3 is 10.1 Å². The highest BCUT2D eigenvalue weighted by Crippen LogP contribution is 2.20. The first-order valence-electron chi connectivity index (χ1n) is 8.83. The first kappa shape index (κ1) is 16.9. The highest BCUT2D eigenvalue weighted by molar-refractivity contribution is 5.27. The van der Waals surface area contributed by atoms with Crippen LogP contribution in [-0.4, -0.2) is 36.1 Å². The molecule has 0 spiro atoms. The summed E-state index contributed by atoms with van der Waals surface area (Å²) in [7, 11) is 1.71. The molecule has 0 aliphatic carbocycles. The monoisotopic (exact) mass is 325 g/mol. The standard InChI is InChI=1S/C20H27N3O/c1-24-20-9-7-17(8-10-20)15-23(16-18-5-2-3-13-22-18)19-6-4-12-21-14-11-19/h2-3,5,7-10,13,19,21H,4,6,11-12,14-16H2,1H3/t19-/m1/s1. The Hall–Kier alpha value is -1.91. The van der Waals surface area contributed by atoms with Gasteiger partial charge in [-0.1, -0.05) is 18.2 Å². The number of rotatable bonds is 6. The summed E-state index contributed by atoms with van der Waals surface area (Å²) in [5, 5.41) is 3.52. The van der Waals surface area contributed by atoms with E-state index in [0.29, 0.717) is 6.04 Å². The van der Waals surface area contributed by atoms with Crippen LogP contribution >= 0.6 is 0 Å². The molecule has 1 N–H and O–H groups in total. The average molecular weight is 325 g/mol. The number of nitrogens with one attached hydrogen (secondary N) is 1. The molecular formula is C20H27N3O. The van der Waals surface area contributed by atoms with E-state index >= 15 is 0 Å². The van der Waals surface area contributed by atoms with Crippen LogP contribution in [0.1, 0.15) is 30.5 Å². The van der Waals surface area contributed by atoms with Gasteiger partial charge in [-0.3, -0.25) is 9.88 Å². The molecule has 24 heavy (non-hydrogen) atoms. The predicted molar refractivity (Wildman–Crippen MR) is 97.0 cm³/mol. The highest BCUT2D eigenvalue weighted by atomic mass is 16.5. The van der Waals surface area contributed by atoms with Crippen molar-refractivity contribution >= 4 is 0 Å². The van der Waals surface area contributed by atoms with E-state index in [1.54, 1.807) is 7.11 Å². The molecule has 1 aromatic heterocycles. The Balaban J connectivity index is 1.74. The lowest BCUT2D eigenvalue weighted by atomic mass is 10.1. The molecule has 1 atom stereocenters. The largest absolute Gasteiger partial charge is 0.497 e. The topological polar surface area (TPSA) is 37.4 Å². The quantitative estimate of drug-likeness (QED) is 0.885. The maximum atomic E-state index is 5.27. The molecule has 1 aliphatic rings. The number of pyridine rings is 1. The lowest BCUT2D eigenvalue weighted by Gasteiger charge is -2.31. The molecular weight excluding hydrogens is 298 g/mol. The molecule has 4 nitrogen and oxygen atoms in total. The van der Waals surface area contributed by atoms with Crippen molar-refractivity contribution in [2.24, 2.45) is 0 Å². The van der Waals surface area contributed by atoms with Crippen molar-refractivity contribution < 1.29 is 4.74 Å².